The molecule has 0 spiro atoms. The Morgan fingerprint density at radius 2 is 1.84 bits per heavy atom. The van der Waals surface area contributed by atoms with E-state index in [1.807, 2.05) is 41.8 Å². The number of nitriles is 1. The number of hydrogen-bond donors (Lipinski definition) is 1. The minimum atomic E-state index is -0.797. The predicted octanol–water partition coefficient (Wildman–Crippen LogP) is 4.91. The largest absolute Gasteiger partial charge is 0.340 e. The molecule has 1 amide bonds. The van der Waals surface area contributed by atoms with Crippen molar-refractivity contribution in [3.8, 4) is 6.07 Å². The number of hydrazone groups is 1. The Kier molecular flexibility index (Phi) is 5.77. The average molecular weight is 428 g/mol. The lowest BCUT2D eigenvalue weighted by atomic mass is 10.1. The molecule has 0 bridgehead atoms. The molecule has 1 heterocycles. The molecule has 4 aromatic rings. The molecule has 158 valence electrons. The van der Waals surface area contributed by atoms with Gasteiger partial charge in [0.25, 0.3) is 5.91 Å². The lowest BCUT2D eigenvalue weighted by Gasteiger charge is -2.09. The molecule has 0 unspecified atom stereocenters. The van der Waals surface area contributed by atoms with Gasteiger partial charge in [-0.3, -0.25) is 4.79 Å². The van der Waals surface area contributed by atoms with Crippen LogP contribution in [-0.2, 0) is 6.54 Å². The van der Waals surface area contributed by atoms with E-state index in [4.69, 9.17) is 5.26 Å². The van der Waals surface area contributed by atoms with Gasteiger partial charge in [0, 0.05) is 27.7 Å². The lowest BCUT2D eigenvalue weighted by Crippen LogP contribution is -2.19. The maximum atomic E-state index is 14.2. The maximum Gasteiger partial charge on any atom is 0.274 e. The zero-order valence-corrected chi connectivity index (χ0v) is 17.1. The number of amides is 1. The van der Waals surface area contributed by atoms with E-state index in [9.17, 15) is 13.6 Å². The molecule has 7 heteroatoms. The average Bonchev–Trinajstić information content (AvgIpc) is 3.06. The van der Waals surface area contributed by atoms with Crippen molar-refractivity contribution in [1.29, 1.82) is 5.26 Å². The normalized spacial score (nSPS) is 11.1. The molecule has 3 aromatic carbocycles. The number of rotatable bonds is 5. The van der Waals surface area contributed by atoms with Crippen LogP contribution in [0.3, 0.4) is 0 Å². The second-order valence-corrected chi connectivity index (χ2v) is 7.20. The number of carbonyl (C=O) groups is 1. The van der Waals surface area contributed by atoms with Gasteiger partial charge < -0.3 is 4.57 Å². The maximum absolute atomic E-state index is 14.2. The Hall–Kier alpha value is -4.31. The second kappa shape index (κ2) is 8.82. The third-order valence-electron chi connectivity index (χ3n) is 5.27. The zero-order chi connectivity index (χ0) is 22.7. The van der Waals surface area contributed by atoms with Gasteiger partial charge in [0.15, 0.2) is 0 Å². The van der Waals surface area contributed by atoms with Gasteiger partial charge >= 0.3 is 0 Å². The number of benzene rings is 3. The van der Waals surface area contributed by atoms with E-state index >= 15 is 0 Å². The molecule has 0 saturated heterocycles. The minimum absolute atomic E-state index is 0.126. The summed E-state index contributed by atoms with van der Waals surface area (Å²) >= 11 is 0. The number of aromatic nitrogens is 1. The molecule has 0 radical (unpaired) electrons. The first-order chi connectivity index (χ1) is 15.5. The van der Waals surface area contributed by atoms with E-state index in [2.05, 4.69) is 10.5 Å². The summed E-state index contributed by atoms with van der Waals surface area (Å²) in [5.74, 6) is -1.80. The quantitative estimate of drug-likeness (QED) is 0.362. The van der Waals surface area contributed by atoms with Crippen LogP contribution in [0.5, 0.6) is 0 Å². The molecule has 4 rings (SSSR count). The highest BCUT2D eigenvalue weighted by Crippen LogP contribution is 2.26. The van der Waals surface area contributed by atoms with Crippen molar-refractivity contribution in [2.75, 3.05) is 0 Å². The van der Waals surface area contributed by atoms with Crippen molar-refractivity contribution in [3.63, 3.8) is 0 Å². The highest BCUT2D eigenvalue weighted by atomic mass is 19.1. The van der Waals surface area contributed by atoms with Crippen molar-refractivity contribution in [2.24, 2.45) is 5.10 Å². The van der Waals surface area contributed by atoms with Gasteiger partial charge in [0.05, 0.1) is 30.0 Å². The Balaban J connectivity index is 1.63. The van der Waals surface area contributed by atoms with Gasteiger partial charge in [-0.1, -0.05) is 36.4 Å². The molecular formula is C25H18F2N4O. The van der Waals surface area contributed by atoms with Crippen molar-refractivity contribution < 1.29 is 13.6 Å². The molecule has 0 aliphatic rings. The van der Waals surface area contributed by atoms with E-state index in [1.54, 1.807) is 18.2 Å². The van der Waals surface area contributed by atoms with Gasteiger partial charge in [-0.05, 0) is 37.3 Å². The molecule has 0 atom stereocenters. The Bertz CT molecular complexity index is 1400. The summed E-state index contributed by atoms with van der Waals surface area (Å²) in [5.41, 5.74) is 5.31. The number of nitrogens with zero attached hydrogens (tertiary/aromatic N) is 3. The van der Waals surface area contributed by atoms with Gasteiger partial charge in [-0.2, -0.15) is 10.4 Å². The van der Waals surface area contributed by atoms with Crippen LogP contribution >= 0.6 is 0 Å². The third kappa shape index (κ3) is 3.98. The van der Waals surface area contributed by atoms with E-state index in [0.29, 0.717) is 12.1 Å². The monoisotopic (exact) mass is 428 g/mol. The van der Waals surface area contributed by atoms with Gasteiger partial charge in [0.2, 0.25) is 0 Å². The molecule has 0 fully saturated rings. The number of fused-ring (bicyclic) bond motifs is 1. The van der Waals surface area contributed by atoms with Crippen LogP contribution in [0.1, 0.15) is 32.7 Å². The standard InChI is InChI=1S/C25H18F2N4O/c1-16-21(14-29-30-25(32)20-11-10-17(13-28)12-23(20)27)19-7-3-5-9-24(19)31(16)15-18-6-2-4-8-22(18)26/h2-12,14H,15H2,1H3,(H,30,32)/b29-14-. The first-order valence-corrected chi connectivity index (χ1v) is 9.84. The van der Waals surface area contributed by atoms with Crippen molar-refractivity contribution >= 4 is 23.0 Å². The molecule has 5 nitrogen and oxygen atoms in total. The number of para-hydroxylation sites is 1. The number of nitrogens with one attached hydrogen (secondary N) is 1. The second-order valence-electron chi connectivity index (χ2n) is 7.20. The molecular weight excluding hydrogens is 410 g/mol. The number of hydrogen-bond acceptors (Lipinski definition) is 3. The van der Waals surface area contributed by atoms with Crippen molar-refractivity contribution in [3.05, 3.63) is 106 Å². The zero-order valence-electron chi connectivity index (χ0n) is 17.1. The van der Waals surface area contributed by atoms with Gasteiger partial charge in [-0.25, -0.2) is 14.2 Å². The highest BCUT2D eigenvalue weighted by Gasteiger charge is 2.15. The van der Waals surface area contributed by atoms with E-state index < -0.39 is 11.7 Å². The summed E-state index contributed by atoms with van der Waals surface area (Å²) in [4.78, 5) is 12.3. The summed E-state index contributed by atoms with van der Waals surface area (Å²) in [6.07, 6.45) is 1.50. The Morgan fingerprint density at radius 1 is 1.09 bits per heavy atom. The molecule has 0 aliphatic heterocycles. The van der Waals surface area contributed by atoms with Crippen LogP contribution < -0.4 is 5.43 Å². The Morgan fingerprint density at radius 3 is 2.59 bits per heavy atom. The topological polar surface area (TPSA) is 70.2 Å². The first kappa shape index (κ1) is 20.9. The van der Waals surface area contributed by atoms with Crippen molar-refractivity contribution in [2.45, 2.75) is 13.5 Å². The van der Waals surface area contributed by atoms with Crippen LogP contribution in [0.4, 0.5) is 8.78 Å². The van der Waals surface area contributed by atoms with Crippen LogP contribution in [0.2, 0.25) is 0 Å². The fraction of sp³-hybridized carbons (Fsp3) is 0.0800. The van der Waals surface area contributed by atoms with Crippen LogP contribution in [-0.4, -0.2) is 16.7 Å². The smallest absolute Gasteiger partial charge is 0.274 e. The summed E-state index contributed by atoms with van der Waals surface area (Å²) in [6.45, 7) is 2.24. The summed E-state index contributed by atoms with van der Waals surface area (Å²) in [7, 11) is 0. The highest BCUT2D eigenvalue weighted by molar-refractivity contribution is 6.02. The third-order valence-corrected chi connectivity index (χ3v) is 5.27. The van der Waals surface area contributed by atoms with E-state index in [-0.39, 0.29) is 16.9 Å². The van der Waals surface area contributed by atoms with E-state index in [1.165, 1.54) is 24.4 Å². The van der Waals surface area contributed by atoms with Crippen molar-refractivity contribution in [1.82, 2.24) is 9.99 Å². The number of halogens is 2. The minimum Gasteiger partial charge on any atom is -0.340 e. The van der Waals surface area contributed by atoms with Crippen LogP contribution in [0.15, 0.2) is 71.8 Å². The molecule has 32 heavy (non-hydrogen) atoms. The SMILES string of the molecule is Cc1c(/C=N\NC(=O)c2ccc(C#N)cc2F)c2ccccc2n1Cc1ccccc1F. The first-order valence-electron chi connectivity index (χ1n) is 9.84. The Labute approximate surface area is 183 Å². The van der Waals surface area contributed by atoms with Crippen LogP contribution in [0, 0.1) is 29.9 Å². The van der Waals surface area contributed by atoms with Gasteiger partial charge in [-0.15, -0.1) is 0 Å². The lowest BCUT2D eigenvalue weighted by molar-refractivity contribution is 0.0951. The van der Waals surface area contributed by atoms with Gasteiger partial charge in [0.1, 0.15) is 11.6 Å². The van der Waals surface area contributed by atoms with Crippen LogP contribution in [0.25, 0.3) is 10.9 Å². The fourth-order valence-corrected chi connectivity index (χ4v) is 3.61. The molecule has 0 aliphatic carbocycles. The van der Waals surface area contributed by atoms with E-state index in [0.717, 1.165) is 28.2 Å². The fourth-order valence-electron chi connectivity index (χ4n) is 3.61. The summed E-state index contributed by atoms with van der Waals surface area (Å²) in [5, 5.41) is 13.7. The number of carbonyl (C=O) groups excluding carboxylic acids is 1. The molecule has 1 aromatic heterocycles. The summed E-state index contributed by atoms with van der Waals surface area (Å²) < 4.78 is 30.2. The summed E-state index contributed by atoms with van der Waals surface area (Å²) in [6, 6.07) is 19.7. The predicted molar refractivity (Wildman–Crippen MR) is 118 cm³/mol. The molecule has 0 saturated carbocycles. The molecule has 1 N–H and O–H groups in total.